The number of carbonyl (C=O) groups is 1. The van der Waals surface area contributed by atoms with Gasteiger partial charge < -0.3 is 4.74 Å². The zero-order valence-corrected chi connectivity index (χ0v) is 9.85. The van der Waals surface area contributed by atoms with Crippen molar-refractivity contribution in [3.05, 3.63) is 42.1 Å². The molecule has 0 bridgehead atoms. The molecule has 0 saturated carbocycles. The molecule has 2 aromatic rings. The van der Waals surface area contributed by atoms with Crippen LogP contribution in [0.25, 0.3) is 10.9 Å². The average molecular weight is 229 g/mol. The first-order valence-corrected chi connectivity index (χ1v) is 5.79. The summed E-state index contributed by atoms with van der Waals surface area (Å²) >= 11 is 0. The lowest BCUT2D eigenvalue weighted by molar-refractivity contribution is -0.143. The van der Waals surface area contributed by atoms with Gasteiger partial charge in [-0.1, -0.05) is 18.2 Å². The van der Waals surface area contributed by atoms with Crippen LogP contribution in [0.3, 0.4) is 0 Å². The van der Waals surface area contributed by atoms with Gasteiger partial charge in [-0.15, -0.1) is 0 Å². The average Bonchev–Trinajstić information content (AvgIpc) is 2.36. The quantitative estimate of drug-likeness (QED) is 0.757. The van der Waals surface area contributed by atoms with Crippen LogP contribution in [0.5, 0.6) is 0 Å². The Morgan fingerprint density at radius 2 is 2.18 bits per heavy atom. The third-order valence-electron chi connectivity index (χ3n) is 2.64. The van der Waals surface area contributed by atoms with Crippen LogP contribution >= 0.6 is 0 Å². The number of hydrogen-bond donors (Lipinski definition) is 0. The molecule has 0 aliphatic carbocycles. The monoisotopic (exact) mass is 229 g/mol. The molecule has 2 rings (SSSR count). The molecule has 3 heteroatoms. The summed E-state index contributed by atoms with van der Waals surface area (Å²) in [5.74, 6) is -0.145. The number of ether oxygens (including phenoxy) is 1. The molecular weight excluding hydrogens is 214 g/mol. The van der Waals surface area contributed by atoms with E-state index in [1.807, 2.05) is 37.3 Å². The van der Waals surface area contributed by atoms with E-state index in [0.717, 1.165) is 16.5 Å². The number of aromatic nitrogens is 1. The highest BCUT2D eigenvalue weighted by molar-refractivity contribution is 5.82. The van der Waals surface area contributed by atoms with Crippen LogP contribution in [0.4, 0.5) is 0 Å². The van der Waals surface area contributed by atoms with E-state index >= 15 is 0 Å². The predicted octanol–water partition coefficient (Wildman–Crippen LogP) is 2.73. The molecule has 0 fully saturated rings. The first-order valence-electron chi connectivity index (χ1n) is 5.79. The van der Waals surface area contributed by atoms with Crippen molar-refractivity contribution in [3.63, 3.8) is 0 Å². The Balaban J connectivity index is 2.16. The van der Waals surface area contributed by atoms with Crippen LogP contribution in [0, 0.1) is 0 Å². The summed E-state index contributed by atoms with van der Waals surface area (Å²) in [6.07, 6.45) is 2.89. The van der Waals surface area contributed by atoms with Crippen molar-refractivity contribution in [2.45, 2.75) is 19.8 Å². The molecule has 17 heavy (non-hydrogen) atoms. The number of carbonyl (C=O) groups excluding carboxylic acids is 1. The van der Waals surface area contributed by atoms with Crippen LogP contribution in [-0.2, 0) is 16.0 Å². The number of nitrogens with zero attached hydrogens (tertiary/aromatic N) is 1. The molecule has 1 aromatic carbocycles. The highest BCUT2D eigenvalue weighted by Crippen LogP contribution is 2.17. The lowest BCUT2D eigenvalue weighted by Crippen LogP contribution is -2.05. The number of esters is 1. The Hall–Kier alpha value is -1.90. The maximum absolute atomic E-state index is 11.3. The summed E-state index contributed by atoms with van der Waals surface area (Å²) in [4.78, 5) is 15.6. The zero-order valence-electron chi connectivity index (χ0n) is 9.85. The standard InChI is InChI=1S/C14H15NO2/c1-2-17-14(16)9-8-11-5-3-7-13-12(11)6-4-10-15-13/h3-7,10H,2,8-9H2,1H3. The van der Waals surface area contributed by atoms with Gasteiger partial charge in [-0.2, -0.15) is 0 Å². The molecule has 0 amide bonds. The summed E-state index contributed by atoms with van der Waals surface area (Å²) in [7, 11) is 0. The van der Waals surface area contributed by atoms with Crippen LogP contribution in [0.15, 0.2) is 36.5 Å². The SMILES string of the molecule is CCOC(=O)CCc1cccc2ncccc12. The summed E-state index contributed by atoms with van der Waals surface area (Å²) in [5.41, 5.74) is 2.11. The summed E-state index contributed by atoms with van der Waals surface area (Å²) in [6, 6.07) is 9.92. The minimum absolute atomic E-state index is 0.145. The first kappa shape index (κ1) is 11.6. The second-order valence-corrected chi connectivity index (χ2v) is 3.79. The van der Waals surface area contributed by atoms with Crippen molar-refractivity contribution in [1.82, 2.24) is 4.98 Å². The molecular formula is C14H15NO2. The van der Waals surface area contributed by atoms with Gasteiger partial charge in [0.15, 0.2) is 0 Å². The van der Waals surface area contributed by atoms with E-state index in [1.165, 1.54) is 0 Å². The van der Waals surface area contributed by atoms with Gasteiger partial charge in [-0.3, -0.25) is 9.78 Å². The van der Waals surface area contributed by atoms with Gasteiger partial charge in [-0.25, -0.2) is 0 Å². The molecule has 0 unspecified atom stereocenters. The molecule has 0 radical (unpaired) electrons. The number of benzene rings is 1. The predicted molar refractivity (Wildman–Crippen MR) is 66.7 cm³/mol. The van der Waals surface area contributed by atoms with Crippen molar-refractivity contribution >= 4 is 16.9 Å². The van der Waals surface area contributed by atoms with Crippen molar-refractivity contribution in [3.8, 4) is 0 Å². The molecule has 3 nitrogen and oxygen atoms in total. The summed E-state index contributed by atoms with van der Waals surface area (Å²) < 4.78 is 4.92. The van der Waals surface area contributed by atoms with E-state index in [-0.39, 0.29) is 5.97 Å². The highest BCUT2D eigenvalue weighted by Gasteiger charge is 2.05. The summed E-state index contributed by atoms with van der Waals surface area (Å²) in [6.45, 7) is 2.26. The van der Waals surface area contributed by atoms with Crippen molar-refractivity contribution in [2.75, 3.05) is 6.61 Å². The van der Waals surface area contributed by atoms with Crippen LogP contribution < -0.4 is 0 Å². The number of rotatable bonds is 4. The molecule has 0 spiro atoms. The molecule has 0 saturated heterocycles. The van der Waals surface area contributed by atoms with Crippen molar-refractivity contribution in [2.24, 2.45) is 0 Å². The Morgan fingerprint density at radius 3 is 3.00 bits per heavy atom. The van der Waals surface area contributed by atoms with Gasteiger partial charge in [0, 0.05) is 18.0 Å². The highest BCUT2D eigenvalue weighted by atomic mass is 16.5. The van der Waals surface area contributed by atoms with Gasteiger partial charge in [0.1, 0.15) is 0 Å². The number of pyridine rings is 1. The molecule has 0 atom stereocenters. The van der Waals surface area contributed by atoms with Gasteiger partial charge in [0.05, 0.1) is 12.1 Å². The van der Waals surface area contributed by atoms with E-state index < -0.39 is 0 Å². The Bertz CT molecular complexity index is 517. The fourth-order valence-corrected chi connectivity index (χ4v) is 1.85. The van der Waals surface area contributed by atoms with E-state index in [4.69, 9.17) is 4.74 Å². The topological polar surface area (TPSA) is 39.2 Å². The number of hydrogen-bond acceptors (Lipinski definition) is 3. The Labute approximate surface area is 100 Å². The van der Waals surface area contributed by atoms with Gasteiger partial charge in [0.25, 0.3) is 0 Å². The first-order chi connectivity index (χ1) is 8.31. The molecule has 0 aliphatic heterocycles. The molecule has 1 heterocycles. The third-order valence-corrected chi connectivity index (χ3v) is 2.64. The largest absolute Gasteiger partial charge is 0.466 e. The summed E-state index contributed by atoms with van der Waals surface area (Å²) in [5, 5.41) is 1.11. The van der Waals surface area contributed by atoms with Crippen LogP contribution in [0.1, 0.15) is 18.9 Å². The molecule has 0 aliphatic rings. The van der Waals surface area contributed by atoms with Gasteiger partial charge in [-0.05, 0) is 31.0 Å². The van der Waals surface area contributed by atoms with E-state index in [9.17, 15) is 4.79 Å². The van der Waals surface area contributed by atoms with E-state index in [0.29, 0.717) is 19.4 Å². The molecule has 88 valence electrons. The second kappa shape index (κ2) is 5.43. The zero-order chi connectivity index (χ0) is 12.1. The van der Waals surface area contributed by atoms with Gasteiger partial charge >= 0.3 is 5.97 Å². The number of fused-ring (bicyclic) bond motifs is 1. The second-order valence-electron chi connectivity index (χ2n) is 3.79. The minimum atomic E-state index is -0.145. The maximum Gasteiger partial charge on any atom is 0.306 e. The van der Waals surface area contributed by atoms with Crippen LogP contribution in [-0.4, -0.2) is 17.6 Å². The van der Waals surface area contributed by atoms with E-state index in [1.54, 1.807) is 6.20 Å². The fraction of sp³-hybridized carbons (Fsp3) is 0.286. The Kier molecular flexibility index (Phi) is 3.70. The normalized spacial score (nSPS) is 10.4. The lowest BCUT2D eigenvalue weighted by Gasteiger charge is -2.05. The van der Waals surface area contributed by atoms with Gasteiger partial charge in [0.2, 0.25) is 0 Å². The smallest absolute Gasteiger partial charge is 0.306 e. The van der Waals surface area contributed by atoms with Crippen molar-refractivity contribution in [1.29, 1.82) is 0 Å². The molecule has 0 N–H and O–H groups in total. The minimum Gasteiger partial charge on any atom is -0.466 e. The maximum atomic E-state index is 11.3. The third kappa shape index (κ3) is 2.81. The lowest BCUT2D eigenvalue weighted by atomic mass is 10.0. The van der Waals surface area contributed by atoms with E-state index in [2.05, 4.69) is 4.98 Å². The van der Waals surface area contributed by atoms with Crippen LogP contribution in [0.2, 0.25) is 0 Å². The number of aryl methyl sites for hydroxylation is 1. The van der Waals surface area contributed by atoms with Crippen molar-refractivity contribution < 1.29 is 9.53 Å². The fourth-order valence-electron chi connectivity index (χ4n) is 1.85. The molecule has 1 aromatic heterocycles. The Morgan fingerprint density at radius 1 is 1.29 bits per heavy atom.